The molecule has 1 aromatic carbocycles. The van der Waals surface area contributed by atoms with E-state index in [0.717, 1.165) is 12.1 Å². The summed E-state index contributed by atoms with van der Waals surface area (Å²) in [6.07, 6.45) is -6.79. The summed E-state index contributed by atoms with van der Waals surface area (Å²) in [5.74, 6) is -0.987. The van der Waals surface area contributed by atoms with Crippen molar-refractivity contribution < 1.29 is 27.4 Å². The molecule has 0 aromatic heterocycles. The van der Waals surface area contributed by atoms with E-state index in [2.05, 4.69) is 15.0 Å². The number of anilines is 1. The standard InChI is InChI=1S/C10H8F4N2O2/c1-18-7-3-6-5(2-4(7)11)16-9(17)8(15-6)10(12,13)14/h2-3,9,16-17H,1H3. The normalized spacial score (nSPS) is 18.8. The van der Waals surface area contributed by atoms with Crippen LogP contribution in [0.1, 0.15) is 0 Å². The van der Waals surface area contributed by atoms with E-state index in [1.807, 2.05) is 0 Å². The molecule has 2 rings (SSSR count). The molecule has 1 atom stereocenters. The predicted octanol–water partition coefficient (Wildman–Crippen LogP) is 2.21. The highest BCUT2D eigenvalue weighted by Crippen LogP contribution is 2.37. The zero-order chi connectivity index (χ0) is 13.5. The molecule has 1 heterocycles. The van der Waals surface area contributed by atoms with Crippen molar-refractivity contribution in [1.29, 1.82) is 0 Å². The lowest BCUT2D eigenvalue weighted by Crippen LogP contribution is -2.41. The van der Waals surface area contributed by atoms with Gasteiger partial charge in [0.25, 0.3) is 0 Å². The number of aliphatic hydroxyl groups excluding tert-OH is 1. The molecule has 0 bridgehead atoms. The number of halogens is 4. The van der Waals surface area contributed by atoms with Crippen molar-refractivity contribution in [2.75, 3.05) is 12.4 Å². The lowest BCUT2D eigenvalue weighted by molar-refractivity contribution is -0.0653. The number of hydrogen-bond acceptors (Lipinski definition) is 4. The first-order chi connectivity index (χ1) is 8.32. The lowest BCUT2D eigenvalue weighted by atomic mass is 10.1. The van der Waals surface area contributed by atoms with Gasteiger partial charge >= 0.3 is 6.18 Å². The molecule has 0 spiro atoms. The van der Waals surface area contributed by atoms with Gasteiger partial charge in [-0.2, -0.15) is 13.2 Å². The SMILES string of the molecule is COc1cc2c(cc1F)NC(O)C(C(F)(F)F)=N2. The number of nitrogens with zero attached hydrogens (tertiary/aromatic N) is 1. The van der Waals surface area contributed by atoms with Crippen LogP contribution in [0.2, 0.25) is 0 Å². The molecular formula is C10H8F4N2O2. The zero-order valence-corrected chi connectivity index (χ0v) is 9.05. The van der Waals surface area contributed by atoms with Crippen molar-refractivity contribution in [3.05, 3.63) is 17.9 Å². The van der Waals surface area contributed by atoms with Gasteiger partial charge in [0.05, 0.1) is 18.5 Å². The van der Waals surface area contributed by atoms with E-state index in [9.17, 15) is 22.7 Å². The quantitative estimate of drug-likeness (QED) is 0.765. The van der Waals surface area contributed by atoms with Crippen LogP contribution in [0.25, 0.3) is 0 Å². The van der Waals surface area contributed by atoms with E-state index in [0.29, 0.717) is 0 Å². The average Bonchev–Trinajstić information content (AvgIpc) is 2.26. The Morgan fingerprint density at radius 3 is 2.61 bits per heavy atom. The number of nitrogens with one attached hydrogen (secondary N) is 1. The van der Waals surface area contributed by atoms with E-state index >= 15 is 0 Å². The third kappa shape index (κ3) is 2.10. The number of hydrogen-bond donors (Lipinski definition) is 2. The van der Waals surface area contributed by atoms with Crippen LogP contribution >= 0.6 is 0 Å². The Morgan fingerprint density at radius 1 is 1.39 bits per heavy atom. The highest BCUT2D eigenvalue weighted by molar-refractivity contribution is 6.00. The van der Waals surface area contributed by atoms with Crippen LogP contribution in [0.15, 0.2) is 17.1 Å². The topological polar surface area (TPSA) is 53.8 Å². The van der Waals surface area contributed by atoms with E-state index in [-0.39, 0.29) is 17.1 Å². The number of aliphatic hydroxyl groups is 1. The van der Waals surface area contributed by atoms with E-state index in [1.54, 1.807) is 0 Å². The van der Waals surface area contributed by atoms with Crippen molar-refractivity contribution in [3.8, 4) is 5.75 Å². The van der Waals surface area contributed by atoms with Crippen molar-refractivity contribution in [1.82, 2.24) is 0 Å². The Hall–Kier alpha value is -1.83. The molecule has 8 heteroatoms. The third-order valence-electron chi connectivity index (χ3n) is 2.35. The molecule has 0 amide bonds. The number of alkyl halides is 3. The van der Waals surface area contributed by atoms with Gasteiger partial charge in [0.2, 0.25) is 0 Å². The Morgan fingerprint density at radius 2 is 2.06 bits per heavy atom. The van der Waals surface area contributed by atoms with Crippen molar-refractivity contribution in [3.63, 3.8) is 0 Å². The number of benzene rings is 1. The maximum absolute atomic E-state index is 13.3. The Labute approximate surface area is 98.9 Å². The van der Waals surface area contributed by atoms with Crippen molar-refractivity contribution in [2.24, 2.45) is 4.99 Å². The fraction of sp³-hybridized carbons (Fsp3) is 0.300. The fourth-order valence-corrected chi connectivity index (χ4v) is 1.53. The molecule has 98 valence electrons. The summed E-state index contributed by atoms with van der Waals surface area (Å²) < 4.78 is 55.5. The molecule has 0 radical (unpaired) electrons. The van der Waals surface area contributed by atoms with Gasteiger partial charge < -0.3 is 15.2 Å². The van der Waals surface area contributed by atoms with Crippen LogP contribution in [0, 0.1) is 5.82 Å². The summed E-state index contributed by atoms with van der Waals surface area (Å²) in [7, 11) is 1.18. The second kappa shape index (κ2) is 4.13. The summed E-state index contributed by atoms with van der Waals surface area (Å²) in [6, 6.07) is 1.93. The van der Waals surface area contributed by atoms with Gasteiger partial charge in [-0.1, -0.05) is 0 Å². The van der Waals surface area contributed by atoms with Crippen LogP contribution in [-0.2, 0) is 0 Å². The number of fused-ring (bicyclic) bond motifs is 1. The average molecular weight is 264 g/mol. The van der Waals surface area contributed by atoms with Gasteiger partial charge in [-0.25, -0.2) is 9.38 Å². The highest BCUT2D eigenvalue weighted by atomic mass is 19.4. The Balaban J connectivity index is 2.53. The first-order valence-corrected chi connectivity index (χ1v) is 4.81. The van der Waals surface area contributed by atoms with Gasteiger partial charge in [0.1, 0.15) is 0 Å². The molecule has 0 saturated heterocycles. The summed E-state index contributed by atoms with van der Waals surface area (Å²) >= 11 is 0. The molecule has 0 saturated carbocycles. The first-order valence-electron chi connectivity index (χ1n) is 4.81. The molecule has 1 aliphatic rings. The van der Waals surface area contributed by atoms with Crippen molar-refractivity contribution in [2.45, 2.75) is 12.4 Å². The second-order valence-corrected chi connectivity index (χ2v) is 3.55. The van der Waals surface area contributed by atoms with E-state index < -0.39 is 23.9 Å². The van der Waals surface area contributed by atoms with Crippen LogP contribution in [-0.4, -0.2) is 30.3 Å². The molecule has 4 nitrogen and oxygen atoms in total. The van der Waals surface area contributed by atoms with Gasteiger partial charge in [0.15, 0.2) is 23.5 Å². The van der Waals surface area contributed by atoms with Crippen molar-refractivity contribution >= 4 is 17.1 Å². The van der Waals surface area contributed by atoms with Crippen LogP contribution in [0.4, 0.5) is 28.9 Å². The highest BCUT2D eigenvalue weighted by Gasteiger charge is 2.42. The fourth-order valence-electron chi connectivity index (χ4n) is 1.53. The molecular weight excluding hydrogens is 256 g/mol. The monoisotopic (exact) mass is 264 g/mol. The van der Waals surface area contributed by atoms with Gasteiger partial charge in [-0.3, -0.25) is 0 Å². The largest absolute Gasteiger partial charge is 0.494 e. The van der Waals surface area contributed by atoms with Crippen LogP contribution in [0.5, 0.6) is 5.75 Å². The summed E-state index contributed by atoms with van der Waals surface area (Å²) in [5, 5.41) is 11.4. The summed E-state index contributed by atoms with van der Waals surface area (Å²) in [4.78, 5) is 3.28. The molecule has 1 aliphatic heterocycles. The first kappa shape index (κ1) is 12.6. The molecule has 1 aromatic rings. The number of methoxy groups -OCH3 is 1. The summed E-state index contributed by atoms with van der Waals surface area (Å²) in [6.45, 7) is 0. The minimum Gasteiger partial charge on any atom is -0.494 e. The minimum atomic E-state index is -4.77. The van der Waals surface area contributed by atoms with Crippen LogP contribution < -0.4 is 10.1 Å². The Kier molecular flexibility index (Phi) is 2.89. The van der Waals surface area contributed by atoms with Gasteiger partial charge in [-0.05, 0) is 0 Å². The summed E-state index contributed by atoms with van der Waals surface area (Å²) in [5.41, 5.74) is -1.57. The van der Waals surface area contributed by atoms with E-state index in [4.69, 9.17) is 0 Å². The predicted molar refractivity (Wildman–Crippen MR) is 55.7 cm³/mol. The lowest BCUT2D eigenvalue weighted by Gasteiger charge is -2.24. The van der Waals surface area contributed by atoms with Crippen LogP contribution in [0.3, 0.4) is 0 Å². The molecule has 2 N–H and O–H groups in total. The minimum absolute atomic E-state index is 0.0335. The maximum atomic E-state index is 13.3. The molecule has 0 aliphatic carbocycles. The Bertz CT molecular complexity index is 513. The number of rotatable bonds is 1. The zero-order valence-electron chi connectivity index (χ0n) is 9.05. The third-order valence-corrected chi connectivity index (χ3v) is 2.35. The number of aliphatic imine (C=N–C) groups is 1. The molecule has 1 unspecified atom stereocenters. The maximum Gasteiger partial charge on any atom is 0.433 e. The second-order valence-electron chi connectivity index (χ2n) is 3.55. The smallest absolute Gasteiger partial charge is 0.433 e. The molecule has 18 heavy (non-hydrogen) atoms. The van der Waals surface area contributed by atoms with E-state index in [1.165, 1.54) is 7.11 Å². The van der Waals surface area contributed by atoms with Gasteiger partial charge in [0, 0.05) is 12.1 Å². The number of ether oxygens (including phenoxy) is 1. The van der Waals surface area contributed by atoms with Gasteiger partial charge in [-0.15, -0.1) is 0 Å². The molecule has 0 fully saturated rings.